The van der Waals surface area contributed by atoms with Crippen molar-refractivity contribution in [3.63, 3.8) is 0 Å². The second-order valence-corrected chi connectivity index (χ2v) is 8.33. The molecule has 1 aromatic heterocycles. The highest BCUT2D eigenvalue weighted by Gasteiger charge is 2.52. The number of hydrogen-bond donors (Lipinski definition) is 3. The minimum atomic E-state index is -1.19. The van der Waals surface area contributed by atoms with Crippen molar-refractivity contribution >= 4 is 23.8 Å². The van der Waals surface area contributed by atoms with Gasteiger partial charge < -0.3 is 20.5 Å². The van der Waals surface area contributed by atoms with Crippen LogP contribution in [0.4, 0.5) is 10.6 Å². The molecule has 9 nitrogen and oxygen atoms in total. The summed E-state index contributed by atoms with van der Waals surface area (Å²) < 4.78 is 6.82. The van der Waals surface area contributed by atoms with Crippen LogP contribution in [0.1, 0.15) is 40.4 Å². The van der Waals surface area contributed by atoms with E-state index in [0.29, 0.717) is 12.8 Å². The number of amides is 2. The van der Waals surface area contributed by atoms with E-state index in [1.165, 1.54) is 17.8 Å². The molecule has 0 aliphatic heterocycles. The minimum Gasteiger partial charge on any atom is -0.476 e. The summed E-state index contributed by atoms with van der Waals surface area (Å²) in [5, 5.41) is 18.2. The molecule has 5 rings (SSSR count). The summed E-state index contributed by atoms with van der Waals surface area (Å²) in [5.74, 6) is -1.46. The lowest BCUT2D eigenvalue weighted by atomic mass is 9.98. The SMILES string of the molecule is Cn1nc(C(=O)O)cc1NC(=O)C1(NC(=O)OCC2c3ccccc3-c3ccccc32)CC1. The second kappa shape index (κ2) is 7.77. The third-order valence-corrected chi connectivity index (χ3v) is 6.21. The van der Waals surface area contributed by atoms with Gasteiger partial charge in [0, 0.05) is 19.0 Å². The number of hydrogen-bond acceptors (Lipinski definition) is 5. The molecule has 1 heterocycles. The summed E-state index contributed by atoms with van der Waals surface area (Å²) in [5.41, 5.74) is 3.24. The molecule has 0 atom stereocenters. The minimum absolute atomic E-state index is 0.0731. The number of fused-ring (bicyclic) bond motifs is 3. The van der Waals surface area contributed by atoms with E-state index in [1.807, 2.05) is 36.4 Å². The number of nitrogens with one attached hydrogen (secondary N) is 2. The van der Waals surface area contributed by atoms with E-state index in [9.17, 15) is 14.4 Å². The lowest BCUT2D eigenvalue weighted by Crippen LogP contribution is -2.46. The Morgan fingerprint density at radius 2 is 1.70 bits per heavy atom. The molecule has 3 aromatic rings. The molecule has 0 saturated heterocycles. The summed E-state index contributed by atoms with van der Waals surface area (Å²) in [7, 11) is 1.53. The highest BCUT2D eigenvalue weighted by molar-refractivity contribution is 6.02. The largest absolute Gasteiger partial charge is 0.476 e. The number of aromatic carboxylic acids is 1. The van der Waals surface area contributed by atoms with Crippen LogP contribution in [0.25, 0.3) is 11.1 Å². The molecule has 1 fully saturated rings. The van der Waals surface area contributed by atoms with Crippen LogP contribution in [0.15, 0.2) is 54.6 Å². The van der Waals surface area contributed by atoms with Gasteiger partial charge >= 0.3 is 12.1 Å². The van der Waals surface area contributed by atoms with Gasteiger partial charge in [0.25, 0.3) is 5.91 Å². The Morgan fingerprint density at radius 1 is 1.09 bits per heavy atom. The van der Waals surface area contributed by atoms with Crippen molar-refractivity contribution in [2.24, 2.45) is 7.05 Å². The number of aryl methyl sites for hydroxylation is 1. The van der Waals surface area contributed by atoms with Gasteiger partial charge in [-0.2, -0.15) is 5.10 Å². The average molecular weight is 446 g/mol. The highest BCUT2D eigenvalue weighted by atomic mass is 16.5. The Bertz CT molecular complexity index is 1230. The van der Waals surface area contributed by atoms with Crippen molar-refractivity contribution in [2.45, 2.75) is 24.3 Å². The third kappa shape index (κ3) is 3.71. The van der Waals surface area contributed by atoms with Crippen LogP contribution in [0.3, 0.4) is 0 Å². The maximum Gasteiger partial charge on any atom is 0.408 e. The number of benzene rings is 2. The van der Waals surface area contributed by atoms with Gasteiger partial charge in [0.05, 0.1) is 0 Å². The zero-order chi connectivity index (χ0) is 23.2. The first-order valence-electron chi connectivity index (χ1n) is 10.6. The maximum atomic E-state index is 12.8. The Balaban J connectivity index is 1.24. The second-order valence-electron chi connectivity index (χ2n) is 8.33. The molecule has 2 aliphatic rings. The third-order valence-electron chi connectivity index (χ3n) is 6.21. The van der Waals surface area contributed by atoms with Crippen molar-refractivity contribution in [1.82, 2.24) is 15.1 Å². The Labute approximate surface area is 189 Å². The molecule has 3 N–H and O–H groups in total. The van der Waals surface area contributed by atoms with Crippen molar-refractivity contribution in [3.05, 3.63) is 71.4 Å². The molecule has 0 bridgehead atoms. The van der Waals surface area contributed by atoms with Crippen LogP contribution in [0, 0.1) is 0 Å². The number of ether oxygens (including phenoxy) is 1. The quantitative estimate of drug-likeness (QED) is 0.535. The van der Waals surface area contributed by atoms with Gasteiger partial charge in [-0.1, -0.05) is 48.5 Å². The number of carbonyl (C=O) groups excluding carboxylic acids is 2. The summed E-state index contributed by atoms with van der Waals surface area (Å²) >= 11 is 0. The topological polar surface area (TPSA) is 123 Å². The lowest BCUT2D eigenvalue weighted by molar-refractivity contribution is -0.119. The summed E-state index contributed by atoms with van der Waals surface area (Å²) in [6, 6.07) is 17.4. The number of nitrogens with zero attached hydrogens (tertiary/aromatic N) is 2. The van der Waals surface area contributed by atoms with E-state index in [0.717, 1.165) is 22.3 Å². The number of alkyl carbamates (subject to hydrolysis) is 1. The van der Waals surface area contributed by atoms with Crippen LogP contribution in [-0.4, -0.2) is 45.0 Å². The van der Waals surface area contributed by atoms with Crippen LogP contribution in [0.2, 0.25) is 0 Å². The zero-order valence-electron chi connectivity index (χ0n) is 17.9. The Hall–Kier alpha value is -4.14. The fourth-order valence-electron chi connectivity index (χ4n) is 4.29. The first-order valence-corrected chi connectivity index (χ1v) is 10.6. The molecule has 168 valence electrons. The monoisotopic (exact) mass is 446 g/mol. The summed E-state index contributed by atoms with van der Waals surface area (Å²) in [6.45, 7) is 0.154. The predicted octanol–water partition coefficient (Wildman–Crippen LogP) is 3.13. The van der Waals surface area contributed by atoms with Gasteiger partial charge in [-0.3, -0.25) is 9.48 Å². The molecular weight excluding hydrogens is 424 g/mol. The first kappa shape index (κ1) is 20.7. The normalized spacial score (nSPS) is 15.3. The maximum absolute atomic E-state index is 12.8. The summed E-state index contributed by atoms with van der Waals surface area (Å²) in [6.07, 6.45) is 0.264. The van der Waals surface area contributed by atoms with Crippen molar-refractivity contribution in [1.29, 1.82) is 0 Å². The molecule has 0 unspecified atom stereocenters. The number of carboxylic acids is 1. The lowest BCUT2D eigenvalue weighted by Gasteiger charge is -2.19. The molecule has 2 aromatic carbocycles. The van der Waals surface area contributed by atoms with Gasteiger partial charge in [0.15, 0.2) is 5.69 Å². The van der Waals surface area contributed by atoms with Gasteiger partial charge in [-0.05, 0) is 35.1 Å². The van der Waals surface area contributed by atoms with Gasteiger partial charge in [0.2, 0.25) is 0 Å². The highest BCUT2D eigenvalue weighted by Crippen LogP contribution is 2.44. The van der Waals surface area contributed by atoms with Crippen LogP contribution in [0.5, 0.6) is 0 Å². The fourth-order valence-corrected chi connectivity index (χ4v) is 4.29. The van der Waals surface area contributed by atoms with E-state index < -0.39 is 23.5 Å². The number of carboxylic acid groups (broad SMARTS) is 1. The van der Waals surface area contributed by atoms with Gasteiger partial charge in [-0.15, -0.1) is 0 Å². The number of anilines is 1. The van der Waals surface area contributed by atoms with E-state index in [-0.39, 0.29) is 24.0 Å². The molecule has 1 saturated carbocycles. The van der Waals surface area contributed by atoms with E-state index >= 15 is 0 Å². The number of carbonyl (C=O) groups is 3. The Kier molecular flexibility index (Phi) is 4.88. The number of rotatable bonds is 6. The molecule has 9 heteroatoms. The standard InChI is InChI=1S/C24H22N4O5/c1-28-20(12-19(27-28)21(29)30)25-22(31)24(10-11-24)26-23(32)33-13-18-16-8-4-2-6-14(16)15-7-3-5-9-17(15)18/h2-9,12,18H,10-11,13H2,1H3,(H,25,31)(H,26,32)(H,29,30). The molecular formula is C24H22N4O5. The van der Waals surface area contributed by atoms with Crippen LogP contribution in [-0.2, 0) is 16.6 Å². The predicted molar refractivity (Wildman–Crippen MR) is 119 cm³/mol. The average Bonchev–Trinajstić information content (AvgIpc) is 3.39. The smallest absolute Gasteiger partial charge is 0.408 e. The molecule has 2 aliphatic carbocycles. The van der Waals surface area contributed by atoms with E-state index in [4.69, 9.17) is 9.84 Å². The molecule has 0 spiro atoms. The first-order chi connectivity index (χ1) is 15.9. The van der Waals surface area contributed by atoms with Gasteiger partial charge in [0.1, 0.15) is 18.0 Å². The summed E-state index contributed by atoms with van der Waals surface area (Å²) in [4.78, 5) is 36.4. The van der Waals surface area contributed by atoms with Crippen LogP contribution >= 0.6 is 0 Å². The van der Waals surface area contributed by atoms with Gasteiger partial charge in [-0.25, -0.2) is 9.59 Å². The zero-order valence-corrected chi connectivity index (χ0v) is 17.9. The van der Waals surface area contributed by atoms with Crippen molar-refractivity contribution in [3.8, 4) is 11.1 Å². The number of aromatic nitrogens is 2. The molecule has 0 radical (unpaired) electrons. The van der Waals surface area contributed by atoms with Crippen LogP contribution < -0.4 is 10.6 Å². The van der Waals surface area contributed by atoms with Crippen molar-refractivity contribution < 1.29 is 24.2 Å². The van der Waals surface area contributed by atoms with E-state index in [1.54, 1.807) is 0 Å². The molecule has 33 heavy (non-hydrogen) atoms. The van der Waals surface area contributed by atoms with E-state index in [2.05, 4.69) is 27.9 Å². The fraction of sp³-hybridized carbons (Fsp3) is 0.250. The molecule has 2 amide bonds. The van der Waals surface area contributed by atoms with Crippen molar-refractivity contribution in [2.75, 3.05) is 11.9 Å². The Morgan fingerprint density at radius 3 is 2.24 bits per heavy atom.